The lowest BCUT2D eigenvalue weighted by molar-refractivity contribution is 0.00126. The monoisotopic (exact) mass is 226 g/mol. The largest absolute Gasteiger partial charge is 0.368 e. The Hall–Kier alpha value is -0.860. The zero-order valence-electron chi connectivity index (χ0n) is 9.21. The molecule has 0 aliphatic heterocycles. The lowest BCUT2D eigenvalue weighted by atomic mass is 9.96. The number of carbonyl (C=O) groups is 1. The molecule has 0 aliphatic rings. The average molecular weight is 227 g/mol. The van der Waals surface area contributed by atoms with Crippen LogP contribution in [-0.2, 0) is 4.74 Å². The molecule has 1 aromatic carbocycles. The van der Waals surface area contributed by atoms with Gasteiger partial charge in [0.15, 0.2) is 5.78 Å². The van der Waals surface area contributed by atoms with E-state index in [0.29, 0.717) is 17.2 Å². The third-order valence-corrected chi connectivity index (χ3v) is 2.41. The first-order valence-corrected chi connectivity index (χ1v) is 5.29. The van der Waals surface area contributed by atoms with Crippen LogP contribution in [0.5, 0.6) is 0 Å². The fourth-order valence-corrected chi connectivity index (χ4v) is 1.50. The van der Waals surface area contributed by atoms with Gasteiger partial charge in [-0.1, -0.05) is 11.6 Å². The summed E-state index contributed by atoms with van der Waals surface area (Å²) in [5.41, 5.74) is -0.152. The smallest absolute Gasteiger partial charge is 0.194 e. The van der Waals surface area contributed by atoms with Crippen LogP contribution in [0.25, 0.3) is 0 Å². The van der Waals surface area contributed by atoms with Crippen molar-refractivity contribution in [2.24, 2.45) is 0 Å². The Morgan fingerprint density at radius 3 is 2.33 bits per heavy atom. The average Bonchev–Trinajstić information content (AvgIpc) is 2.18. The van der Waals surface area contributed by atoms with Crippen LogP contribution in [0, 0.1) is 0 Å². The van der Waals surface area contributed by atoms with Crippen LogP contribution in [0.3, 0.4) is 0 Å². The molecule has 0 unspecified atom stereocenters. The van der Waals surface area contributed by atoms with Gasteiger partial charge in [0.2, 0.25) is 0 Å². The number of ketones is 1. The number of halogens is 1. The number of Topliss-reactive ketones (excluding diaryl/α,β-unsaturated/α-hetero) is 1. The van der Waals surface area contributed by atoms with Crippen molar-refractivity contribution in [2.75, 3.05) is 6.61 Å². The van der Waals surface area contributed by atoms with Gasteiger partial charge in [0.25, 0.3) is 0 Å². The first-order valence-electron chi connectivity index (χ1n) is 4.91. The molecule has 0 amide bonds. The van der Waals surface area contributed by atoms with Crippen molar-refractivity contribution in [1.82, 2.24) is 0 Å². The van der Waals surface area contributed by atoms with Crippen molar-refractivity contribution >= 4 is 17.4 Å². The van der Waals surface area contributed by atoms with Crippen molar-refractivity contribution in [3.8, 4) is 0 Å². The molecule has 0 spiro atoms. The molecule has 1 aromatic rings. The van der Waals surface area contributed by atoms with E-state index in [0.717, 1.165) is 0 Å². The second-order valence-corrected chi connectivity index (χ2v) is 4.22. The van der Waals surface area contributed by atoms with Gasteiger partial charge in [-0.15, -0.1) is 0 Å². The molecule has 0 radical (unpaired) electrons. The van der Waals surface area contributed by atoms with Gasteiger partial charge in [0, 0.05) is 17.2 Å². The first-order chi connectivity index (χ1) is 6.97. The summed E-state index contributed by atoms with van der Waals surface area (Å²) in [6, 6.07) is 6.84. The standard InChI is InChI=1S/C12H15ClO2/c1-4-15-12(2,3)11(14)9-5-7-10(13)8-6-9/h5-8H,4H2,1-3H3. The van der Waals surface area contributed by atoms with E-state index < -0.39 is 5.60 Å². The molecule has 3 heteroatoms. The van der Waals surface area contributed by atoms with Crippen LogP contribution >= 0.6 is 11.6 Å². The third kappa shape index (κ3) is 3.05. The molecule has 0 saturated heterocycles. The molecule has 82 valence electrons. The lowest BCUT2D eigenvalue weighted by Gasteiger charge is -2.22. The Labute approximate surface area is 95.2 Å². The molecule has 0 saturated carbocycles. The molecular formula is C12H15ClO2. The molecule has 0 aromatic heterocycles. The van der Waals surface area contributed by atoms with Crippen molar-refractivity contribution < 1.29 is 9.53 Å². The predicted molar refractivity (Wildman–Crippen MR) is 61.5 cm³/mol. The normalized spacial score (nSPS) is 11.5. The fourth-order valence-electron chi connectivity index (χ4n) is 1.38. The second kappa shape index (κ2) is 4.77. The zero-order chi connectivity index (χ0) is 11.5. The van der Waals surface area contributed by atoms with Gasteiger partial charge in [-0.25, -0.2) is 0 Å². The maximum atomic E-state index is 12.0. The van der Waals surface area contributed by atoms with Gasteiger partial charge in [0.1, 0.15) is 5.60 Å². The van der Waals surface area contributed by atoms with E-state index >= 15 is 0 Å². The zero-order valence-corrected chi connectivity index (χ0v) is 9.97. The molecule has 1 rings (SSSR count). The van der Waals surface area contributed by atoms with Gasteiger partial charge in [-0.3, -0.25) is 4.79 Å². The summed E-state index contributed by atoms with van der Waals surface area (Å²) in [5, 5.41) is 0.626. The van der Waals surface area contributed by atoms with E-state index in [2.05, 4.69) is 0 Å². The topological polar surface area (TPSA) is 26.3 Å². The Morgan fingerprint density at radius 1 is 1.33 bits per heavy atom. The Morgan fingerprint density at radius 2 is 1.87 bits per heavy atom. The van der Waals surface area contributed by atoms with E-state index in [1.165, 1.54) is 0 Å². The molecule has 0 aliphatic carbocycles. The summed E-state index contributed by atoms with van der Waals surface area (Å²) < 4.78 is 5.39. The number of benzene rings is 1. The number of hydrogen-bond acceptors (Lipinski definition) is 2. The Bertz CT molecular complexity index is 341. The predicted octanol–water partition coefficient (Wildman–Crippen LogP) is 3.34. The maximum Gasteiger partial charge on any atom is 0.194 e. The minimum atomic E-state index is -0.775. The minimum Gasteiger partial charge on any atom is -0.368 e. The molecule has 0 atom stereocenters. The van der Waals surface area contributed by atoms with Crippen LogP contribution in [0.4, 0.5) is 0 Å². The summed E-state index contributed by atoms with van der Waals surface area (Å²) in [6.07, 6.45) is 0. The van der Waals surface area contributed by atoms with Crippen molar-refractivity contribution in [3.63, 3.8) is 0 Å². The van der Waals surface area contributed by atoms with Gasteiger partial charge >= 0.3 is 0 Å². The highest BCUT2D eigenvalue weighted by Crippen LogP contribution is 2.18. The minimum absolute atomic E-state index is 0.0268. The summed E-state index contributed by atoms with van der Waals surface area (Å²) in [4.78, 5) is 12.0. The van der Waals surface area contributed by atoms with Crippen molar-refractivity contribution in [1.29, 1.82) is 0 Å². The van der Waals surface area contributed by atoms with Crippen molar-refractivity contribution in [2.45, 2.75) is 26.4 Å². The second-order valence-electron chi connectivity index (χ2n) is 3.78. The molecule has 15 heavy (non-hydrogen) atoms. The van der Waals surface area contributed by atoms with Crippen LogP contribution in [0.2, 0.25) is 5.02 Å². The number of rotatable bonds is 4. The summed E-state index contributed by atoms with van der Waals surface area (Å²) in [7, 11) is 0. The van der Waals surface area contributed by atoms with Crippen LogP contribution in [-0.4, -0.2) is 18.0 Å². The van der Waals surface area contributed by atoms with Crippen LogP contribution in [0.1, 0.15) is 31.1 Å². The number of hydrogen-bond donors (Lipinski definition) is 0. The number of carbonyl (C=O) groups excluding carboxylic acids is 1. The summed E-state index contributed by atoms with van der Waals surface area (Å²) >= 11 is 5.75. The van der Waals surface area contributed by atoms with Gasteiger partial charge in [-0.2, -0.15) is 0 Å². The van der Waals surface area contributed by atoms with E-state index in [9.17, 15) is 4.79 Å². The first kappa shape index (κ1) is 12.2. The quantitative estimate of drug-likeness (QED) is 0.736. The van der Waals surface area contributed by atoms with E-state index in [1.54, 1.807) is 38.1 Å². The summed E-state index contributed by atoms with van der Waals surface area (Å²) in [5.74, 6) is -0.0268. The number of ether oxygens (including phenoxy) is 1. The maximum absolute atomic E-state index is 12.0. The van der Waals surface area contributed by atoms with E-state index in [-0.39, 0.29) is 5.78 Å². The van der Waals surface area contributed by atoms with E-state index in [4.69, 9.17) is 16.3 Å². The highest BCUT2D eigenvalue weighted by atomic mass is 35.5. The van der Waals surface area contributed by atoms with E-state index in [1.807, 2.05) is 6.92 Å². The highest BCUT2D eigenvalue weighted by Gasteiger charge is 2.28. The van der Waals surface area contributed by atoms with Gasteiger partial charge < -0.3 is 4.74 Å². The Balaban J connectivity index is 2.89. The molecule has 0 fully saturated rings. The molecule has 2 nitrogen and oxygen atoms in total. The lowest BCUT2D eigenvalue weighted by Crippen LogP contribution is -2.35. The fraction of sp³-hybridized carbons (Fsp3) is 0.417. The molecule has 0 bridgehead atoms. The SMILES string of the molecule is CCOC(C)(C)C(=O)c1ccc(Cl)cc1. The highest BCUT2D eigenvalue weighted by molar-refractivity contribution is 6.30. The summed E-state index contributed by atoms with van der Waals surface area (Å²) in [6.45, 7) is 5.93. The molecular weight excluding hydrogens is 212 g/mol. The van der Waals surface area contributed by atoms with Crippen molar-refractivity contribution in [3.05, 3.63) is 34.9 Å². The van der Waals surface area contributed by atoms with Gasteiger partial charge in [0.05, 0.1) is 0 Å². The molecule has 0 N–H and O–H groups in total. The van der Waals surface area contributed by atoms with Gasteiger partial charge in [-0.05, 0) is 45.0 Å². The third-order valence-electron chi connectivity index (χ3n) is 2.16. The Kier molecular flexibility index (Phi) is 3.89. The molecule has 0 heterocycles. The van der Waals surface area contributed by atoms with Crippen LogP contribution in [0.15, 0.2) is 24.3 Å². The van der Waals surface area contributed by atoms with Crippen LogP contribution < -0.4 is 0 Å².